The molecule has 0 aliphatic carbocycles. The Morgan fingerprint density at radius 2 is 0.746 bits per heavy atom. The number of hydrogen-bond acceptors (Lipinski definition) is 3. The summed E-state index contributed by atoms with van der Waals surface area (Å²) in [5.74, 6) is -0.0305. The first kappa shape index (κ1) is 57.1. The number of amides is 1. The van der Waals surface area contributed by atoms with Crippen molar-refractivity contribution in [3.63, 3.8) is 0 Å². The van der Waals surface area contributed by atoms with Crippen LogP contribution in [0.3, 0.4) is 0 Å². The highest BCUT2D eigenvalue weighted by Gasteiger charge is 2.20. The molecule has 0 aromatic rings. The quantitative estimate of drug-likeness (QED) is 0.0423. The molecule has 0 aromatic heterocycles. The van der Waals surface area contributed by atoms with Gasteiger partial charge in [0.2, 0.25) is 5.91 Å². The van der Waals surface area contributed by atoms with Crippen molar-refractivity contribution in [3.8, 4) is 0 Å². The van der Waals surface area contributed by atoms with Crippen LogP contribution in [0.1, 0.15) is 264 Å². The lowest BCUT2D eigenvalue weighted by molar-refractivity contribution is -0.123. The van der Waals surface area contributed by atoms with E-state index in [1.54, 1.807) is 0 Å². The minimum atomic E-state index is -0.659. The first-order chi connectivity index (χ1) is 29.2. The van der Waals surface area contributed by atoms with Gasteiger partial charge in [0.25, 0.3) is 0 Å². The Bertz CT molecular complexity index is 981. The summed E-state index contributed by atoms with van der Waals surface area (Å²) in [7, 11) is 0. The second-order valence-corrected chi connectivity index (χ2v) is 17.6. The van der Waals surface area contributed by atoms with Crippen LogP contribution >= 0.6 is 0 Å². The first-order valence-electron chi connectivity index (χ1n) is 26.0. The van der Waals surface area contributed by atoms with Crippen molar-refractivity contribution in [2.75, 3.05) is 6.61 Å². The van der Waals surface area contributed by atoms with Crippen LogP contribution in [0.2, 0.25) is 0 Å². The van der Waals surface area contributed by atoms with Gasteiger partial charge in [-0.25, -0.2) is 0 Å². The molecule has 0 rings (SSSR count). The third-order valence-corrected chi connectivity index (χ3v) is 11.8. The lowest BCUT2D eigenvalue weighted by atomic mass is 10.0. The summed E-state index contributed by atoms with van der Waals surface area (Å²) in [6, 6.07) is -0.536. The van der Waals surface area contributed by atoms with Gasteiger partial charge in [0, 0.05) is 6.42 Å². The number of carbonyl (C=O) groups is 1. The molecule has 4 nitrogen and oxygen atoms in total. The molecule has 1 amide bonds. The smallest absolute Gasteiger partial charge is 0.220 e. The molecule has 3 N–H and O–H groups in total. The summed E-state index contributed by atoms with van der Waals surface area (Å²) >= 11 is 0. The summed E-state index contributed by atoms with van der Waals surface area (Å²) in [5, 5.41) is 23.2. The van der Waals surface area contributed by atoms with Crippen molar-refractivity contribution in [1.29, 1.82) is 0 Å². The molecule has 2 atom stereocenters. The van der Waals surface area contributed by atoms with Crippen LogP contribution in [-0.4, -0.2) is 34.9 Å². The zero-order chi connectivity index (χ0) is 42.8. The Morgan fingerprint density at radius 1 is 0.424 bits per heavy atom. The maximum Gasteiger partial charge on any atom is 0.220 e. The van der Waals surface area contributed by atoms with E-state index >= 15 is 0 Å². The summed E-state index contributed by atoms with van der Waals surface area (Å²) in [6.07, 6.45) is 70.5. The second kappa shape index (κ2) is 50.4. The molecule has 344 valence electrons. The summed E-state index contributed by atoms with van der Waals surface area (Å²) in [4.78, 5) is 12.4. The van der Waals surface area contributed by atoms with Gasteiger partial charge in [0.15, 0.2) is 0 Å². The fourth-order valence-electron chi connectivity index (χ4n) is 7.86. The fraction of sp³-hybridized carbons (Fsp3) is 0.800. The molecule has 0 aliphatic rings. The standard InChI is InChI=1S/C55H101NO3/c1-3-5-7-9-11-13-15-17-19-20-21-22-23-24-25-26-27-28-29-30-31-32-33-34-35-36-37-39-41-43-45-47-49-51-55(59)56-53(52-57)54(58)50-48-46-44-42-40-38-18-16-14-12-10-8-6-4-2/h5,7,11,13,17,19,21-22,24-25,53-54,57-58H,3-4,6,8-10,12,14-16,18,20,23,26-52H2,1-2H3,(H,56,59)/b7-5-,13-11-,19-17-,22-21-,25-24-. The summed E-state index contributed by atoms with van der Waals surface area (Å²) in [5.41, 5.74) is 0. The predicted octanol–water partition coefficient (Wildman–Crippen LogP) is 16.9. The molecule has 59 heavy (non-hydrogen) atoms. The van der Waals surface area contributed by atoms with E-state index in [-0.39, 0.29) is 12.5 Å². The van der Waals surface area contributed by atoms with E-state index in [0.717, 1.165) is 57.8 Å². The second-order valence-electron chi connectivity index (χ2n) is 17.6. The Hall–Kier alpha value is -1.91. The predicted molar refractivity (Wildman–Crippen MR) is 262 cm³/mol. The molecule has 0 saturated carbocycles. The Morgan fingerprint density at radius 3 is 1.12 bits per heavy atom. The molecule has 0 spiro atoms. The van der Waals surface area contributed by atoms with Gasteiger partial charge in [-0.2, -0.15) is 0 Å². The number of aliphatic hydroxyl groups excluding tert-OH is 2. The molecule has 0 saturated heterocycles. The fourth-order valence-corrected chi connectivity index (χ4v) is 7.86. The molecule has 0 radical (unpaired) electrons. The Kier molecular flexibility index (Phi) is 48.8. The van der Waals surface area contributed by atoms with E-state index in [0.29, 0.717) is 12.8 Å². The Labute approximate surface area is 368 Å². The van der Waals surface area contributed by atoms with Gasteiger partial charge in [0.05, 0.1) is 18.8 Å². The highest BCUT2D eigenvalue weighted by molar-refractivity contribution is 5.76. The van der Waals surface area contributed by atoms with Crippen LogP contribution in [0.5, 0.6) is 0 Å². The topological polar surface area (TPSA) is 69.6 Å². The van der Waals surface area contributed by atoms with Crippen molar-refractivity contribution >= 4 is 5.91 Å². The molecular weight excluding hydrogens is 723 g/mol. The van der Waals surface area contributed by atoms with Crippen LogP contribution in [0, 0.1) is 0 Å². The number of aliphatic hydroxyl groups is 2. The first-order valence-corrected chi connectivity index (χ1v) is 26.0. The lowest BCUT2D eigenvalue weighted by Gasteiger charge is -2.22. The number of nitrogens with one attached hydrogen (secondary N) is 1. The van der Waals surface area contributed by atoms with Gasteiger partial charge in [0.1, 0.15) is 0 Å². The SMILES string of the molecule is CC/C=C\C/C=C\C/C=C\C/C=C\C/C=C\CCCCCCCCCCCCCCCCCCCC(=O)NC(CO)C(O)CCCCCCCCCCCCCCCC. The van der Waals surface area contributed by atoms with Crippen molar-refractivity contribution in [3.05, 3.63) is 60.8 Å². The number of carbonyl (C=O) groups excluding carboxylic acids is 1. The monoisotopic (exact) mass is 824 g/mol. The van der Waals surface area contributed by atoms with Gasteiger partial charge in [-0.1, -0.05) is 261 Å². The van der Waals surface area contributed by atoms with Gasteiger partial charge in [-0.05, 0) is 57.8 Å². The van der Waals surface area contributed by atoms with Crippen molar-refractivity contribution in [2.45, 2.75) is 276 Å². The van der Waals surface area contributed by atoms with E-state index in [1.807, 2.05) is 0 Å². The van der Waals surface area contributed by atoms with E-state index in [4.69, 9.17) is 0 Å². The molecule has 0 fully saturated rings. The summed E-state index contributed by atoms with van der Waals surface area (Å²) in [6.45, 7) is 4.25. The normalized spacial score (nSPS) is 13.4. The zero-order valence-electron chi connectivity index (χ0n) is 39.5. The lowest BCUT2D eigenvalue weighted by Crippen LogP contribution is -2.45. The van der Waals surface area contributed by atoms with Crippen molar-refractivity contribution < 1.29 is 15.0 Å². The molecule has 4 heteroatoms. The maximum absolute atomic E-state index is 12.4. The van der Waals surface area contributed by atoms with E-state index < -0.39 is 12.1 Å². The zero-order valence-corrected chi connectivity index (χ0v) is 39.5. The number of hydrogen-bond donors (Lipinski definition) is 3. The number of unbranched alkanes of at least 4 members (excludes halogenated alkanes) is 30. The van der Waals surface area contributed by atoms with Crippen LogP contribution in [0.25, 0.3) is 0 Å². The number of rotatable bonds is 47. The van der Waals surface area contributed by atoms with Crippen LogP contribution in [0.15, 0.2) is 60.8 Å². The molecule has 0 aromatic carbocycles. The molecule has 0 heterocycles. The minimum Gasteiger partial charge on any atom is -0.394 e. The van der Waals surface area contributed by atoms with Crippen molar-refractivity contribution in [2.24, 2.45) is 0 Å². The third kappa shape index (κ3) is 47.0. The van der Waals surface area contributed by atoms with Gasteiger partial charge in [-0.15, -0.1) is 0 Å². The van der Waals surface area contributed by atoms with Crippen LogP contribution in [0.4, 0.5) is 0 Å². The Balaban J connectivity index is 3.45. The van der Waals surface area contributed by atoms with Crippen LogP contribution in [-0.2, 0) is 4.79 Å². The van der Waals surface area contributed by atoms with E-state index in [9.17, 15) is 15.0 Å². The summed E-state index contributed by atoms with van der Waals surface area (Å²) < 4.78 is 0. The highest BCUT2D eigenvalue weighted by atomic mass is 16.3. The highest BCUT2D eigenvalue weighted by Crippen LogP contribution is 2.17. The minimum absolute atomic E-state index is 0.0305. The average molecular weight is 824 g/mol. The van der Waals surface area contributed by atoms with Gasteiger partial charge < -0.3 is 15.5 Å². The average Bonchev–Trinajstić information content (AvgIpc) is 3.24. The molecule has 2 unspecified atom stereocenters. The van der Waals surface area contributed by atoms with E-state index in [1.165, 1.54) is 180 Å². The van der Waals surface area contributed by atoms with Crippen LogP contribution < -0.4 is 5.32 Å². The molecular formula is C55H101NO3. The van der Waals surface area contributed by atoms with Gasteiger partial charge >= 0.3 is 0 Å². The van der Waals surface area contributed by atoms with Crippen molar-refractivity contribution in [1.82, 2.24) is 5.32 Å². The molecule has 0 bridgehead atoms. The van der Waals surface area contributed by atoms with Gasteiger partial charge in [-0.3, -0.25) is 4.79 Å². The third-order valence-electron chi connectivity index (χ3n) is 11.8. The largest absolute Gasteiger partial charge is 0.394 e. The molecule has 0 aliphatic heterocycles. The number of allylic oxidation sites excluding steroid dienone is 10. The van der Waals surface area contributed by atoms with E-state index in [2.05, 4.69) is 79.9 Å². The maximum atomic E-state index is 12.4.